The predicted molar refractivity (Wildman–Crippen MR) is 111 cm³/mol. The highest BCUT2D eigenvalue weighted by molar-refractivity contribution is 5.81. The van der Waals surface area contributed by atoms with Crippen molar-refractivity contribution in [2.24, 2.45) is 5.92 Å². The molecule has 7 heteroatoms. The van der Waals surface area contributed by atoms with Crippen LogP contribution in [0.5, 0.6) is 0 Å². The molecule has 2 fully saturated rings. The van der Waals surface area contributed by atoms with Gasteiger partial charge in [0, 0.05) is 61.9 Å². The zero-order valence-electron chi connectivity index (χ0n) is 17.4. The quantitative estimate of drug-likeness (QED) is 0.784. The van der Waals surface area contributed by atoms with E-state index >= 15 is 0 Å². The zero-order chi connectivity index (χ0) is 20.7. The summed E-state index contributed by atoms with van der Waals surface area (Å²) in [6.07, 6.45) is 8.34. The third-order valence-corrected chi connectivity index (χ3v) is 6.51. The standard InChI is InChI=1S/C23H27N5O2/c1-15(29)27-12-8-19-20(14-27)25-22(26-21(19)16-6-9-24-10-7-16)18-3-2-11-28(13-18)23(30)17-4-5-17/h6-7,9-10,17-18H,2-5,8,11-14H2,1H3. The number of aromatic nitrogens is 3. The van der Waals surface area contributed by atoms with Crippen LogP contribution in [0.25, 0.3) is 11.3 Å². The van der Waals surface area contributed by atoms with E-state index in [4.69, 9.17) is 9.97 Å². The summed E-state index contributed by atoms with van der Waals surface area (Å²) in [5, 5.41) is 0. The topological polar surface area (TPSA) is 79.3 Å². The van der Waals surface area contributed by atoms with E-state index in [1.54, 1.807) is 19.3 Å². The third kappa shape index (κ3) is 3.68. The van der Waals surface area contributed by atoms with Crippen LogP contribution in [0, 0.1) is 5.92 Å². The average molecular weight is 406 g/mol. The van der Waals surface area contributed by atoms with Crippen LogP contribution in [0.4, 0.5) is 0 Å². The molecule has 5 rings (SSSR count). The van der Waals surface area contributed by atoms with Crippen molar-refractivity contribution < 1.29 is 9.59 Å². The molecule has 0 radical (unpaired) electrons. The molecule has 2 aromatic heterocycles. The highest BCUT2D eigenvalue weighted by Crippen LogP contribution is 2.35. The minimum atomic E-state index is 0.0742. The molecule has 1 saturated heterocycles. The van der Waals surface area contributed by atoms with Crippen LogP contribution < -0.4 is 0 Å². The lowest BCUT2D eigenvalue weighted by Gasteiger charge is -2.34. The van der Waals surface area contributed by atoms with Crippen molar-refractivity contribution in [2.75, 3.05) is 19.6 Å². The van der Waals surface area contributed by atoms with Gasteiger partial charge < -0.3 is 9.80 Å². The second-order valence-electron chi connectivity index (χ2n) is 8.68. The van der Waals surface area contributed by atoms with Crippen molar-refractivity contribution in [1.29, 1.82) is 0 Å². The van der Waals surface area contributed by atoms with E-state index in [1.807, 2.05) is 21.9 Å². The van der Waals surface area contributed by atoms with Crippen molar-refractivity contribution in [2.45, 2.75) is 51.5 Å². The number of piperidine rings is 1. The van der Waals surface area contributed by atoms with Gasteiger partial charge in [-0.1, -0.05) is 0 Å². The summed E-state index contributed by atoms with van der Waals surface area (Å²) in [4.78, 5) is 42.6. The van der Waals surface area contributed by atoms with E-state index < -0.39 is 0 Å². The first-order valence-electron chi connectivity index (χ1n) is 10.9. The van der Waals surface area contributed by atoms with Crippen molar-refractivity contribution in [1.82, 2.24) is 24.8 Å². The molecule has 0 aromatic carbocycles. The van der Waals surface area contributed by atoms with Gasteiger partial charge >= 0.3 is 0 Å². The van der Waals surface area contributed by atoms with Crippen LogP contribution in [-0.4, -0.2) is 56.2 Å². The second kappa shape index (κ2) is 7.78. The second-order valence-corrected chi connectivity index (χ2v) is 8.68. The fourth-order valence-electron chi connectivity index (χ4n) is 4.63. The minimum absolute atomic E-state index is 0.0742. The molecular formula is C23H27N5O2. The maximum atomic E-state index is 12.6. The summed E-state index contributed by atoms with van der Waals surface area (Å²) in [6, 6.07) is 3.96. The van der Waals surface area contributed by atoms with Crippen molar-refractivity contribution in [3.8, 4) is 11.3 Å². The first-order valence-corrected chi connectivity index (χ1v) is 10.9. The molecular weight excluding hydrogens is 378 g/mol. The van der Waals surface area contributed by atoms with Crippen LogP contribution in [0.1, 0.15) is 55.6 Å². The fourth-order valence-corrected chi connectivity index (χ4v) is 4.63. The Labute approximate surface area is 176 Å². The first kappa shape index (κ1) is 19.2. The normalized spacial score (nSPS) is 21.3. The summed E-state index contributed by atoms with van der Waals surface area (Å²) in [5.41, 5.74) is 4.05. The number of hydrogen-bond donors (Lipinski definition) is 0. The molecule has 1 saturated carbocycles. The lowest BCUT2D eigenvalue weighted by Crippen LogP contribution is -2.41. The summed E-state index contributed by atoms with van der Waals surface area (Å²) < 4.78 is 0. The Kier molecular flexibility index (Phi) is 4.97. The highest BCUT2D eigenvalue weighted by atomic mass is 16.2. The molecule has 2 aromatic rings. The Morgan fingerprint density at radius 3 is 2.57 bits per heavy atom. The smallest absolute Gasteiger partial charge is 0.225 e. The number of nitrogens with zero attached hydrogens (tertiary/aromatic N) is 5. The van der Waals surface area contributed by atoms with Crippen molar-refractivity contribution in [3.63, 3.8) is 0 Å². The van der Waals surface area contributed by atoms with E-state index in [-0.39, 0.29) is 17.7 Å². The number of rotatable bonds is 3. The van der Waals surface area contributed by atoms with E-state index in [9.17, 15) is 9.59 Å². The average Bonchev–Trinajstić information content (AvgIpc) is 3.63. The maximum Gasteiger partial charge on any atom is 0.225 e. The molecule has 1 unspecified atom stereocenters. The van der Waals surface area contributed by atoms with Crippen LogP contribution in [-0.2, 0) is 22.6 Å². The van der Waals surface area contributed by atoms with Gasteiger partial charge in [-0.15, -0.1) is 0 Å². The molecule has 1 aliphatic carbocycles. The lowest BCUT2D eigenvalue weighted by atomic mass is 9.94. The number of likely N-dealkylation sites (tertiary alicyclic amines) is 1. The van der Waals surface area contributed by atoms with Gasteiger partial charge in [0.1, 0.15) is 5.82 Å². The molecule has 4 heterocycles. The Hall–Kier alpha value is -2.83. The Morgan fingerprint density at radius 1 is 1.03 bits per heavy atom. The highest BCUT2D eigenvalue weighted by Gasteiger charge is 2.36. The van der Waals surface area contributed by atoms with E-state index in [0.29, 0.717) is 25.5 Å². The molecule has 30 heavy (non-hydrogen) atoms. The van der Waals surface area contributed by atoms with E-state index in [2.05, 4.69) is 4.98 Å². The van der Waals surface area contributed by atoms with Crippen LogP contribution in [0.15, 0.2) is 24.5 Å². The monoisotopic (exact) mass is 405 g/mol. The van der Waals surface area contributed by atoms with Crippen molar-refractivity contribution >= 4 is 11.8 Å². The number of carbonyl (C=O) groups excluding carboxylic acids is 2. The van der Waals surface area contributed by atoms with Gasteiger partial charge in [0.15, 0.2) is 0 Å². The van der Waals surface area contributed by atoms with Gasteiger partial charge in [-0.2, -0.15) is 0 Å². The van der Waals surface area contributed by atoms with Crippen molar-refractivity contribution in [3.05, 3.63) is 41.6 Å². The summed E-state index contributed by atoms with van der Waals surface area (Å²) >= 11 is 0. The zero-order valence-corrected chi connectivity index (χ0v) is 17.4. The molecule has 1 atom stereocenters. The summed E-state index contributed by atoms with van der Waals surface area (Å²) in [6.45, 7) is 4.36. The number of carbonyl (C=O) groups is 2. The maximum absolute atomic E-state index is 12.6. The number of pyridine rings is 1. The Bertz CT molecular complexity index is 973. The van der Waals surface area contributed by atoms with Gasteiger partial charge in [0.05, 0.1) is 17.9 Å². The SMILES string of the molecule is CC(=O)N1CCc2c(nc(C3CCCN(C(=O)C4CC4)C3)nc2-c2ccncc2)C1. The van der Waals surface area contributed by atoms with Crippen LogP contribution >= 0.6 is 0 Å². The third-order valence-electron chi connectivity index (χ3n) is 6.51. The van der Waals surface area contributed by atoms with Crippen LogP contribution in [0.2, 0.25) is 0 Å². The molecule has 0 N–H and O–H groups in total. The number of amides is 2. The molecule has 0 spiro atoms. The Morgan fingerprint density at radius 2 is 1.83 bits per heavy atom. The number of fused-ring (bicyclic) bond motifs is 1. The Balaban J connectivity index is 1.51. The predicted octanol–water partition coefficient (Wildman–Crippen LogP) is 2.56. The van der Waals surface area contributed by atoms with Crippen LogP contribution in [0.3, 0.4) is 0 Å². The largest absolute Gasteiger partial charge is 0.342 e. The van der Waals surface area contributed by atoms with Gasteiger partial charge in [0.25, 0.3) is 0 Å². The molecule has 7 nitrogen and oxygen atoms in total. The van der Waals surface area contributed by atoms with Gasteiger partial charge in [0.2, 0.25) is 11.8 Å². The van der Waals surface area contributed by atoms with Gasteiger partial charge in [-0.25, -0.2) is 9.97 Å². The fraction of sp³-hybridized carbons (Fsp3) is 0.522. The van der Waals surface area contributed by atoms with E-state index in [1.165, 1.54) is 0 Å². The minimum Gasteiger partial charge on any atom is -0.342 e. The summed E-state index contributed by atoms with van der Waals surface area (Å²) in [5.74, 6) is 1.56. The van der Waals surface area contributed by atoms with Gasteiger partial charge in [-0.3, -0.25) is 14.6 Å². The van der Waals surface area contributed by atoms with Gasteiger partial charge in [-0.05, 0) is 44.2 Å². The van der Waals surface area contributed by atoms with E-state index in [0.717, 1.165) is 67.0 Å². The molecule has 3 aliphatic rings. The molecule has 2 aliphatic heterocycles. The lowest BCUT2D eigenvalue weighted by molar-refractivity contribution is -0.134. The first-order chi connectivity index (χ1) is 14.6. The summed E-state index contributed by atoms with van der Waals surface area (Å²) in [7, 11) is 0. The molecule has 156 valence electrons. The molecule has 0 bridgehead atoms. The molecule has 2 amide bonds. The number of hydrogen-bond acceptors (Lipinski definition) is 5.